The van der Waals surface area contributed by atoms with Crippen molar-refractivity contribution < 1.29 is 14.8 Å². The van der Waals surface area contributed by atoms with Crippen molar-refractivity contribution in [2.75, 3.05) is 18.0 Å². The van der Waals surface area contributed by atoms with Crippen molar-refractivity contribution in [3.63, 3.8) is 0 Å². The summed E-state index contributed by atoms with van der Waals surface area (Å²) in [6, 6.07) is 10.6. The number of nitro groups is 1. The fraction of sp³-hybridized carbons (Fsp3) is 0.263. The minimum Gasteiger partial charge on any atom is -0.508 e. The number of anilines is 1. The standard InChI is InChI=1S/C19H20N4O4/c24-17-6-4-5-14(12-17)19(25)21-20-13-15-11-16(23(26)27)7-8-18(15)22-9-2-1-3-10-22/h4-8,11-13,24H,1-3,9-10H2,(H,21,25). The summed E-state index contributed by atoms with van der Waals surface area (Å²) < 4.78 is 0. The lowest BCUT2D eigenvalue weighted by Gasteiger charge is -2.29. The number of nitro benzene ring substituents is 1. The smallest absolute Gasteiger partial charge is 0.271 e. The number of phenolic OH excluding ortho intramolecular Hbond substituents is 1. The maximum absolute atomic E-state index is 12.1. The molecule has 0 atom stereocenters. The minimum absolute atomic E-state index is 0.0160. The molecular formula is C19H20N4O4. The first-order valence-corrected chi connectivity index (χ1v) is 8.70. The van der Waals surface area contributed by atoms with E-state index in [0.717, 1.165) is 31.6 Å². The average molecular weight is 368 g/mol. The molecule has 2 N–H and O–H groups in total. The van der Waals surface area contributed by atoms with Gasteiger partial charge in [-0.15, -0.1) is 0 Å². The van der Waals surface area contributed by atoms with Gasteiger partial charge >= 0.3 is 0 Å². The number of non-ortho nitro benzene ring substituents is 1. The molecule has 1 amide bonds. The first-order valence-electron chi connectivity index (χ1n) is 8.70. The van der Waals surface area contributed by atoms with Crippen molar-refractivity contribution in [2.24, 2.45) is 5.10 Å². The van der Waals surface area contributed by atoms with E-state index in [9.17, 15) is 20.0 Å². The first kappa shape index (κ1) is 18.4. The number of carbonyl (C=O) groups excluding carboxylic acids is 1. The first-order chi connectivity index (χ1) is 13.0. The van der Waals surface area contributed by atoms with Gasteiger partial charge in [-0.2, -0.15) is 5.10 Å². The summed E-state index contributed by atoms with van der Waals surface area (Å²) in [5, 5.41) is 24.5. The van der Waals surface area contributed by atoms with Crippen LogP contribution in [-0.4, -0.2) is 35.2 Å². The number of hydrazone groups is 1. The van der Waals surface area contributed by atoms with E-state index in [0.29, 0.717) is 5.56 Å². The van der Waals surface area contributed by atoms with E-state index in [2.05, 4.69) is 15.4 Å². The molecule has 0 aliphatic carbocycles. The Hall–Kier alpha value is -3.42. The third kappa shape index (κ3) is 4.60. The third-order valence-corrected chi connectivity index (χ3v) is 4.40. The van der Waals surface area contributed by atoms with Gasteiger partial charge < -0.3 is 10.0 Å². The van der Waals surface area contributed by atoms with Crippen LogP contribution in [0.1, 0.15) is 35.2 Å². The number of hydrogen-bond donors (Lipinski definition) is 2. The van der Waals surface area contributed by atoms with Crippen LogP contribution in [0.4, 0.5) is 11.4 Å². The van der Waals surface area contributed by atoms with Crippen LogP contribution in [0.25, 0.3) is 0 Å². The second-order valence-corrected chi connectivity index (χ2v) is 6.30. The van der Waals surface area contributed by atoms with Crippen molar-refractivity contribution in [3.8, 4) is 5.75 Å². The minimum atomic E-state index is -0.480. The maximum Gasteiger partial charge on any atom is 0.271 e. The van der Waals surface area contributed by atoms with E-state index in [-0.39, 0.29) is 17.0 Å². The van der Waals surface area contributed by atoms with Crippen LogP contribution in [0, 0.1) is 10.1 Å². The highest BCUT2D eigenvalue weighted by Crippen LogP contribution is 2.26. The summed E-state index contributed by atoms with van der Waals surface area (Å²) in [5.41, 5.74) is 4.05. The summed E-state index contributed by atoms with van der Waals surface area (Å²) in [6.45, 7) is 1.77. The lowest BCUT2D eigenvalue weighted by molar-refractivity contribution is -0.384. The number of nitrogens with zero attached hydrogens (tertiary/aromatic N) is 3. The molecule has 1 aliphatic rings. The third-order valence-electron chi connectivity index (χ3n) is 4.40. The molecule has 1 fully saturated rings. The predicted octanol–water partition coefficient (Wildman–Crippen LogP) is 3.05. The molecule has 2 aromatic carbocycles. The number of piperidine rings is 1. The number of phenols is 1. The molecule has 8 heteroatoms. The predicted molar refractivity (Wildman–Crippen MR) is 102 cm³/mol. The molecule has 0 bridgehead atoms. The number of amides is 1. The van der Waals surface area contributed by atoms with E-state index < -0.39 is 10.8 Å². The zero-order chi connectivity index (χ0) is 19.2. The Morgan fingerprint density at radius 1 is 1.19 bits per heavy atom. The highest BCUT2D eigenvalue weighted by molar-refractivity contribution is 5.96. The zero-order valence-corrected chi connectivity index (χ0v) is 14.7. The molecule has 2 aromatic rings. The normalized spacial score (nSPS) is 14.3. The highest BCUT2D eigenvalue weighted by atomic mass is 16.6. The van der Waals surface area contributed by atoms with E-state index >= 15 is 0 Å². The van der Waals surface area contributed by atoms with Crippen LogP contribution in [0.2, 0.25) is 0 Å². The largest absolute Gasteiger partial charge is 0.508 e. The Kier molecular flexibility index (Phi) is 5.65. The summed E-state index contributed by atoms with van der Waals surface area (Å²) in [6.07, 6.45) is 4.73. The van der Waals surface area contributed by atoms with Gasteiger partial charge in [-0.25, -0.2) is 5.43 Å². The number of nitrogens with one attached hydrogen (secondary N) is 1. The molecule has 0 radical (unpaired) electrons. The van der Waals surface area contributed by atoms with Crippen LogP contribution in [0.5, 0.6) is 5.75 Å². The van der Waals surface area contributed by atoms with Gasteiger partial charge in [0.25, 0.3) is 11.6 Å². The molecule has 3 rings (SSSR count). The Bertz CT molecular complexity index is 876. The van der Waals surface area contributed by atoms with Crippen LogP contribution in [0.15, 0.2) is 47.6 Å². The van der Waals surface area contributed by atoms with E-state index in [1.165, 1.54) is 36.9 Å². The van der Waals surface area contributed by atoms with E-state index in [1.54, 1.807) is 18.2 Å². The van der Waals surface area contributed by atoms with Crippen LogP contribution < -0.4 is 10.3 Å². The van der Waals surface area contributed by atoms with Crippen molar-refractivity contribution in [1.29, 1.82) is 0 Å². The van der Waals surface area contributed by atoms with Crippen LogP contribution >= 0.6 is 0 Å². The van der Waals surface area contributed by atoms with Gasteiger partial charge in [0, 0.05) is 42.0 Å². The Balaban J connectivity index is 1.80. The Morgan fingerprint density at radius 2 is 1.96 bits per heavy atom. The average Bonchev–Trinajstić information content (AvgIpc) is 2.68. The van der Waals surface area contributed by atoms with Crippen molar-refractivity contribution in [2.45, 2.75) is 19.3 Å². The number of hydrogen-bond acceptors (Lipinski definition) is 6. The fourth-order valence-corrected chi connectivity index (χ4v) is 3.05. The molecule has 1 saturated heterocycles. The molecule has 1 heterocycles. The summed E-state index contributed by atoms with van der Waals surface area (Å²) in [5.74, 6) is -0.496. The molecule has 0 saturated carbocycles. The number of benzene rings is 2. The highest BCUT2D eigenvalue weighted by Gasteiger charge is 2.17. The van der Waals surface area contributed by atoms with Crippen LogP contribution in [0.3, 0.4) is 0 Å². The zero-order valence-electron chi connectivity index (χ0n) is 14.7. The van der Waals surface area contributed by atoms with Crippen molar-refractivity contribution >= 4 is 23.5 Å². The molecule has 8 nitrogen and oxygen atoms in total. The van der Waals surface area contributed by atoms with E-state index in [1.807, 2.05) is 0 Å². The quantitative estimate of drug-likeness (QED) is 0.479. The van der Waals surface area contributed by atoms with Gasteiger partial charge in [0.1, 0.15) is 5.75 Å². The van der Waals surface area contributed by atoms with Gasteiger partial charge in [0.05, 0.1) is 11.1 Å². The summed E-state index contributed by atoms with van der Waals surface area (Å²) in [7, 11) is 0. The maximum atomic E-state index is 12.1. The molecule has 0 spiro atoms. The van der Waals surface area contributed by atoms with Gasteiger partial charge in [0.15, 0.2) is 0 Å². The van der Waals surface area contributed by atoms with Crippen molar-refractivity contribution in [3.05, 3.63) is 63.7 Å². The van der Waals surface area contributed by atoms with Gasteiger partial charge in [-0.1, -0.05) is 6.07 Å². The molecular weight excluding hydrogens is 348 g/mol. The topological polar surface area (TPSA) is 108 Å². The fourth-order valence-electron chi connectivity index (χ4n) is 3.05. The second-order valence-electron chi connectivity index (χ2n) is 6.30. The summed E-state index contributed by atoms with van der Waals surface area (Å²) in [4.78, 5) is 24.9. The van der Waals surface area contributed by atoms with Crippen LogP contribution in [-0.2, 0) is 0 Å². The second kappa shape index (κ2) is 8.31. The molecule has 0 aromatic heterocycles. The molecule has 27 heavy (non-hydrogen) atoms. The monoisotopic (exact) mass is 368 g/mol. The lowest BCUT2D eigenvalue weighted by Crippen LogP contribution is -2.30. The van der Waals surface area contributed by atoms with Gasteiger partial charge in [-0.3, -0.25) is 14.9 Å². The van der Waals surface area contributed by atoms with Gasteiger partial charge in [-0.05, 0) is 43.5 Å². The molecule has 140 valence electrons. The number of rotatable bonds is 5. The number of aromatic hydroxyl groups is 1. The Morgan fingerprint density at radius 3 is 2.67 bits per heavy atom. The summed E-state index contributed by atoms with van der Waals surface area (Å²) >= 11 is 0. The SMILES string of the molecule is O=C(NN=Cc1cc([N+](=O)[O-])ccc1N1CCCCC1)c1cccc(O)c1. The molecule has 1 aliphatic heterocycles. The molecule has 0 unspecified atom stereocenters. The number of carbonyl (C=O) groups is 1. The van der Waals surface area contributed by atoms with Crippen molar-refractivity contribution in [1.82, 2.24) is 5.43 Å². The lowest BCUT2D eigenvalue weighted by atomic mass is 10.1. The Labute approximate surface area is 156 Å². The van der Waals surface area contributed by atoms with Gasteiger partial charge in [0.2, 0.25) is 0 Å². The van der Waals surface area contributed by atoms with E-state index in [4.69, 9.17) is 0 Å².